The summed E-state index contributed by atoms with van der Waals surface area (Å²) in [7, 11) is 2.04. The summed E-state index contributed by atoms with van der Waals surface area (Å²) in [4.78, 5) is 41.2. The van der Waals surface area contributed by atoms with Gasteiger partial charge in [0, 0.05) is 80.2 Å². The van der Waals surface area contributed by atoms with Gasteiger partial charge in [0.25, 0.3) is 0 Å². The van der Waals surface area contributed by atoms with Gasteiger partial charge in [-0.1, -0.05) is 6.92 Å². The lowest BCUT2D eigenvalue weighted by atomic mass is 10.0. The van der Waals surface area contributed by atoms with Gasteiger partial charge in [-0.2, -0.15) is 0 Å². The van der Waals surface area contributed by atoms with Crippen molar-refractivity contribution >= 4 is 29.1 Å². The van der Waals surface area contributed by atoms with Gasteiger partial charge < -0.3 is 35.0 Å². The SMILES string of the molecule is CC1CN([C@@H](C)CO)C(=O)Cc2cc(NC(=O)Nc3ccnc(N4CCOCC4)c3)ccc2O[C@H]1CN(C)Cc1ccncc1. The first kappa shape index (κ1) is 32.1. The molecule has 0 radical (unpaired) electrons. The molecule has 3 amide bonds. The third-order valence-electron chi connectivity index (χ3n) is 8.21. The van der Waals surface area contributed by atoms with E-state index < -0.39 is 6.03 Å². The van der Waals surface area contributed by atoms with Gasteiger partial charge in [0.15, 0.2) is 0 Å². The molecule has 0 aliphatic carbocycles. The summed E-state index contributed by atoms with van der Waals surface area (Å²) in [5.41, 5.74) is 2.96. The number of urea groups is 1. The fourth-order valence-corrected chi connectivity index (χ4v) is 5.65. The number of aliphatic hydroxyl groups is 1. The van der Waals surface area contributed by atoms with Crippen LogP contribution in [0, 0.1) is 5.92 Å². The molecule has 2 aliphatic rings. The quantitative estimate of drug-likeness (QED) is 0.331. The van der Waals surface area contributed by atoms with Crippen molar-refractivity contribution < 1.29 is 24.2 Å². The fourth-order valence-electron chi connectivity index (χ4n) is 5.65. The van der Waals surface area contributed by atoms with Crippen LogP contribution in [0.25, 0.3) is 0 Å². The number of hydrogen-bond acceptors (Lipinski definition) is 9. The van der Waals surface area contributed by atoms with Gasteiger partial charge in [-0.3, -0.25) is 14.7 Å². The Balaban J connectivity index is 1.32. The molecule has 0 saturated carbocycles. The molecule has 2 aromatic heterocycles. The molecule has 4 heterocycles. The smallest absolute Gasteiger partial charge is 0.323 e. The molecule has 5 rings (SSSR count). The number of pyridine rings is 2. The highest BCUT2D eigenvalue weighted by Crippen LogP contribution is 2.29. The van der Waals surface area contributed by atoms with E-state index in [4.69, 9.17) is 9.47 Å². The molecular weight excluding hydrogens is 574 g/mol. The summed E-state index contributed by atoms with van der Waals surface area (Å²) in [6.07, 6.45) is 5.08. The number of aliphatic hydroxyl groups excluding tert-OH is 1. The van der Waals surface area contributed by atoms with Gasteiger partial charge in [-0.25, -0.2) is 9.78 Å². The Bertz CT molecular complexity index is 1440. The second-order valence-corrected chi connectivity index (χ2v) is 11.8. The molecule has 2 aliphatic heterocycles. The Morgan fingerprint density at radius 1 is 1.09 bits per heavy atom. The summed E-state index contributed by atoms with van der Waals surface area (Å²) in [6.45, 7) is 8.36. The fraction of sp³-hybridized carbons (Fsp3) is 0.455. The highest BCUT2D eigenvalue weighted by Gasteiger charge is 2.31. The Morgan fingerprint density at radius 3 is 2.56 bits per heavy atom. The van der Waals surface area contributed by atoms with Crippen LogP contribution in [0.5, 0.6) is 5.75 Å². The predicted molar refractivity (Wildman–Crippen MR) is 172 cm³/mol. The number of aromatic nitrogens is 2. The molecule has 3 atom stereocenters. The first-order chi connectivity index (χ1) is 21.8. The van der Waals surface area contributed by atoms with Crippen LogP contribution in [-0.4, -0.2) is 102 Å². The zero-order valence-corrected chi connectivity index (χ0v) is 26.2. The number of morpholine rings is 1. The second-order valence-electron chi connectivity index (χ2n) is 11.8. The van der Waals surface area contributed by atoms with E-state index in [2.05, 4.69) is 37.3 Å². The van der Waals surface area contributed by atoms with Crippen LogP contribution < -0.4 is 20.3 Å². The minimum Gasteiger partial charge on any atom is -0.488 e. The van der Waals surface area contributed by atoms with Crippen molar-refractivity contribution in [3.05, 3.63) is 72.2 Å². The minimum atomic E-state index is -0.413. The molecule has 240 valence electrons. The maximum Gasteiger partial charge on any atom is 0.323 e. The average Bonchev–Trinajstić information content (AvgIpc) is 3.09. The number of carbonyl (C=O) groups excluding carboxylic acids is 2. The molecule has 12 nitrogen and oxygen atoms in total. The number of likely N-dealkylation sites (N-methyl/N-ethyl adjacent to an activating group) is 1. The topological polar surface area (TPSA) is 132 Å². The summed E-state index contributed by atoms with van der Waals surface area (Å²) >= 11 is 0. The Hall–Kier alpha value is -4.26. The van der Waals surface area contributed by atoms with Gasteiger partial charge in [-0.05, 0) is 55.9 Å². The Kier molecular flexibility index (Phi) is 10.8. The summed E-state index contributed by atoms with van der Waals surface area (Å²) < 4.78 is 12.1. The molecular formula is C33H43N7O5. The zero-order valence-electron chi connectivity index (χ0n) is 26.2. The van der Waals surface area contributed by atoms with Crippen molar-refractivity contribution in [3.63, 3.8) is 0 Å². The highest BCUT2D eigenvalue weighted by molar-refractivity contribution is 6.00. The number of rotatable bonds is 9. The van der Waals surface area contributed by atoms with Crippen molar-refractivity contribution in [1.29, 1.82) is 0 Å². The molecule has 0 bridgehead atoms. The van der Waals surface area contributed by atoms with Crippen LogP contribution >= 0.6 is 0 Å². The van der Waals surface area contributed by atoms with E-state index in [0.29, 0.717) is 49.0 Å². The molecule has 3 aromatic rings. The third kappa shape index (κ3) is 8.68. The number of amides is 3. The number of fused-ring (bicyclic) bond motifs is 1. The van der Waals surface area contributed by atoms with Crippen LogP contribution in [0.4, 0.5) is 22.0 Å². The largest absolute Gasteiger partial charge is 0.488 e. The first-order valence-corrected chi connectivity index (χ1v) is 15.4. The standard InChI is InChI=1S/C33H43N7O5/c1-23-19-40(24(2)22-41)32(42)17-26-16-27(4-5-29(26)45-30(23)21-38(3)20-25-6-9-34-10-7-25)36-33(43)37-28-8-11-35-31(18-28)39-12-14-44-15-13-39/h4-11,16,18,23-24,30,41H,12-15,17,19-22H2,1-3H3,(H2,35,36,37,43)/t23?,24-,30-/m0/s1. The van der Waals surface area contributed by atoms with Gasteiger partial charge in [0.05, 0.1) is 32.3 Å². The average molecular weight is 618 g/mol. The molecule has 45 heavy (non-hydrogen) atoms. The monoisotopic (exact) mass is 617 g/mol. The van der Waals surface area contributed by atoms with Crippen molar-refractivity contribution in [2.24, 2.45) is 5.92 Å². The normalized spacial score (nSPS) is 19.5. The van der Waals surface area contributed by atoms with Gasteiger partial charge in [-0.15, -0.1) is 0 Å². The van der Waals surface area contributed by atoms with E-state index in [1.165, 1.54) is 0 Å². The van der Waals surface area contributed by atoms with Gasteiger partial charge in [0.2, 0.25) is 5.91 Å². The summed E-state index contributed by atoms with van der Waals surface area (Å²) in [6, 6.07) is 12.2. The lowest BCUT2D eigenvalue weighted by Crippen LogP contribution is -2.47. The second kappa shape index (κ2) is 15.2. The number of carbonyl (C=O) groups is 2. The Morgan fingerprint density at radius 2 is 1.82 bits per heavy atom. The molecule has 0 spiro atoms. The van der Waals surface area contributed by atoms with E-state index in [1.807, 2.05) is 38.2 Å². The molecule has 1 unspecified atom stereocenters. The molecule has 12 heteroatoms. The maximum absolute atomic E-state index is 13.6. The molecule has 3 N–H and O–H groups in total. The Labute approximate surface area is 264 Å². The maximum atomic E-state index is 13.6. The number of nitrogens with one attached hydrogen (secondary N) is 2. The summed E-state index contributed by atoms with van der Waals surface area (Å²) in [5, 5.41) is 15.7. The van der Waals surface area contributed by atoms with Crippen LogP contribution in [0.3, 0.4) is 0 Å². The van der Waals surface area contributed by atoms with E-state index in [1.54, 1.807) is 41.7 Å². The van der Waals surface area contributed by atoms with Crippen LogP contribution in [0.1, 0.15) is 25.0 Å². The van der Waals surface area contributed by atoms with Gasteiger partial charge in [0.1, 0.15) is 17.7 Å². The zero-order chi connectivity index (χ0) is 31.8. The van der Waals surface area contributed by atoms with E-state index in [-0.39, 0.29) is 37.0 Å². The van der Waals surface area contributed by atoms with E-state index in [9.17, 15) is 14.7 Å². The minimum absolute atomic E-state index is 0.0138. The molecule has 1 saturated heterocycles. The number of ether oxygens (including phenoxy) is 2. The summed E-state index contributed by atoms with van der Waals surface area (Å²) in [5.74, 6) is 1.26. The van der Waals surface area contributed by atoms with Crippen molar-refractivity contribution in [3.8, 4) is 5.75 Å². The number of anilines is 3. The van der Waals surface area contributed by atoms with Crippen molar-refractivity contribution in [2.45, 2.75) is 39.0 Å². The third-order valence-corrected chi connectivity index (χ3v) is 8.21. The number of hydrogen-bond donors (Lipinski definition) is 3. The van der Waals surface area contributed by atoms with E-state index >= 15 is 0 Å². The van der Waals surface area contributed by atoms with Crippen LogP contribution in [-0.2, 0) is 22.5 Å². The highest BCUT2D eigenvalue weighted by atomic mass is 16.5. The predicted octanol–water partition coefficient (Wildman–Crippen LogP) is 3.24. The molecule has 1 fully saturated rings. The molecule has 1 aromatic carbocycles. The van der Waals surface area contributed by atoms with Gasteiger partial charge >= 0.3 is 6.03 Å². The van der Waals surface area contributed by atoms with Crippen molar-refractivity contribution in [1.82, 2.24) is 19.8 Å². The van der Waals surface area contributed by atoms with Crippen molar-refractivity contribution in [2.75, 3.05) is 68.6 Å². The first-order valence-electron chi connectivity index (χ1n) is 15.4. The van der Waals surface area contributed by atoms with E-state index in [0.717, 1.165) is 31.0 Å². The lowest BCUT2D eigenvalue weighted by molar-refractivity contribution is -0.134. The van der Waals surface area contributed by atoms with Crippen LogP contribution in [0.2, 0.25) is 0 Å². The lowest BCUT2D eigenvalue weighted by Gasteiger charge is -2.34. The number of nitrogens with zero attached hydrogens (tertiary/aromatic N) is 5. The number of benzene rings is 1. The van der Waals surface area contributed by atoms with Crippen LogP contribution in [0.15, 0.2) is 61.1 Å².